The molecule has 21 heavy (non-hydrogen) atoms. The van der Waals surface area contributed by atoms with Crippen LogP contribution in [0.25, 0.3) is 0 Å². The minimum Gasteiger partial charge on any atom is -0.342 e. The summed E-state index contributed by atoms with van der Waals surface area (Å²) in [6.07, 6.45) is 6.66. The predicted octanol–water partition coefficient (Wildman–Crippen LogP) is 3.67. The highest BCUT2D eigenvalue weighted by Gasteiger charge is 2.29. The molecule has 3 nitrogen and oxygen atoms in total. The molecule has 0 aromatic rings. The number of nitrogens with two attached hydrogens (primary N) is 1. The topological polar surface area (TPSA) is 46.3 Å². The van der Waals surface area contributed by atoms with Crippen molar-refractivity contribution in [1.82, 2.24) is 4.90 Å². The van der Waals surface area contributed by atoms with E-state index >= 15 is 0 Å². The van der Waals surface area contributed by atoms with Gasteiger partial charge in [0.2, 0.25) is 5.91 Å². The fraction of sp³-hybridized carbons (Fsp3) is 0.944. The molecule has 2 atom stereocenters. The number of carbonyl (C=O) groups is 1. The van der Waals surface area contributed by atoms with E-state index in [-0.39, 0.29) is 5.92 Å². The van der Waals surface area contributed by atoms with Crippen LogP contribution >= 0.6 is 0 Å². The highest BCUT2D eigenvalue weighted by atomic mass is 16.2. The van der Waals surface area contributed by atoms with E-state index in [9.17, 15) is 4.79 Å². The van der Waals surface area contributed by atoms with E-state index in [2.05, 4.69) is 32.6 Å². The van der Waals surface area contributed by atoms with Crippen molar-refractivity contribution in [3.63, 3.8) is 0 Å². The molecule has 3 heteroatoms. The molecule has 2 unspecified atom stereocenters. The Morgan fingerprint density at radius 3 is 2.14 bits per heavy atom. The first-order valence-electron chi connectivity index (χ1n) is 8.92. The average molecular weight is 296 g/mol. The van der Waals surface area contributed by atoms with Crippen molar-refractivity contribution in [1.29, 1.82) is 0 Å². The molecule has 1 amide bonds. The smallest absolute Gasteiger partial charge is 0.225 e. The Labute approximate surface area is 131 Å². The quantitative estimate of drug-likeness (QED) is 0.743. The van der Waals surface area contributed by atoms with E-state index in [1.165, 1.54) is 12.8 Å². The van der Waals surface area contributed by atoms with Crippen molar-refractivity contribution in [2.45, 2.75) is 66.2 Å². The zero-order valence-corrected chi connectivity index (χ0v) is 14.6. The zero-order valence-electron chi connectivity index (χ0n) is 14.6. The van der Waals surface area contributed by atoms with Gasteiger partial charge in [-0.05, 0) is 56.4 Å². The number of hydrogen-bond acceptors (Lipinski definition) is 2. The number of carbonyl (C=O) groups excluding carboxylic acids is 1. The highest BCUT2D eigenvalue weighted by molar-refractivity contribution is 5.79. The third kappa shape index (κ3) is 6.82. The molecule has 0 aromatic heterocycles. The van der Waals surface area contributed by atoms with Crippen molar-refractivity contribution >= 4 is 5.91 Å². The molecule has 1 aliphatic carbocycles. The van der Waals surface area contributed by atoms with Crippen LogP contribution < -0.4 is 5.73 Å². The molecule has 0 aromatic carbocycles. The predicted molar refractivity (Wildman–Crippen MR) is 90.0 cm³/mol. The van der Waals surface area contributed by atoms with Gasteiger partial charge in [0.15, 0.2) is 0 Å². The van der Waals surface area contributed by atoms with E-state index in [0.29, 0.717) is 23.7 Å². The second-order valence-corrected chi connectivity index (χ2v) is 7.66. The molecule has 1 aliphatic rings. The second-order valence-electron chi connectivity index (χ2n) is 7.66. The summed E-state index contributed by atoms with van der Waals surface area (Å²) in [6.45, 7) is 11.5. The maximum absolute atomic E-state index is 12.9. The van der Waals surface area contributed by atoms with Crippen molar-refractivity contribution in [2.75, 3.05) is 19.6 Å². The van der Waals surface area contributed by atoms with E-state index < -0.39 is 0 Å². The van der Waals surface area contributed by atoms with Gasteiger partial charge in [-0.1, -0.05) is 34.1 Å². The lowest BCUT2D eigenvalue weighted by Gasteiger charge is -2.33. The lowest BCUT2D eigenvalue weighted by molar-refractivity contribution is -0.137. The summed E-state index contributed by atoms with van der Waals surface area (Å²) in [5.41, 5.74) is 5.81. The number of rotatable bonds is 8. The van der Waals surface area contributed by atoms with Crippen molar-refractivity contribution in [3.05, 3.63) is 0 Å². The minimum atomic E-state index is 0.228. The van der Waals surface area contributed by atoms with Gasteiger partial charge >= 0.3 is 0 Å². The maximum Gasteiger partial charge on any atom is 0.225 e. The van der Waals surface area contributed by atoms with E-state index in [0.717, 1.165) is 45.3 Å². The fourth-order valence-electron chi connectivity index (χ4n) is 3.15. The van der Waals surface area contributed by atoms with Gasteiger partial charge in [0, 0.05) is 19.0 Å². The number of nitrogens with zero attached hydrogens (tertiary/aromatic N) is 1. The molecule has 0 bridgehead atoms. The summed E-state index contributed by atoms with van der Waals surface area (Å²) in [6, 6.07) is 0. The van der Waals surface area contributed by atoms with Gasteiger partial charge in [0.25, 0.3) is 0 Å². The average Bonchev–Trinajstić information content (AvgIpc) is 2.46. The van der Waals surface area contributed by atoms with Gasteiger partial charge in [-0.25, -0.2) is 0 Å². The Morgan fingerprint density at radius 1 is 1.10 bits per heavy atom. The summed E-state index contributed by atoms with van der Waals surface area (Å²) in [7, 11) is 0. The van der Waals surface area contributed by atoms with Gasteiger partial charge in [-0.15, -0.1) is 0 Å². The summed E-state index contributed by atoms with van der Waals surface area (Å²) >= 11 is 0. The number of amides is 1. The van der Waals surface area contributed by atoms with Crippen LogP contribution in [0.2, 0.25) is 0 Å². The van der Waals surface area contributed by atoms with E-state index in [4.69, 9.17) is 5.73 Å². The van der Waals surface area contributed by atoms with E-state index in [1.807, 2.05) is 0 Å². The first-order chi connectivity index (χ1) is 9.93. The molecule has 2 N–H and O–H groups in total. The van der Waals surface area contributed by atoms with Crippen LogP contribution in [0.4, 0.5) is 0 Å². The molecule has 0 heterocycles. The Kier molecular flexibility index (Phi) is 8.31. The number of hydrogen-bond donors (Lipinski definition) is 1. The molecular weight excluding hydrogens is 260 g/mol. The van der Waals surface area contributed by atoms with Crippen LogP contribution in [0, 0.1) is 23.7 Å². The molecule has 0 aliphatic heterocycles. The standard InChI is InChI=1S/C18H36N2O/c1-14(2)8-10-20(11-9-15(3)4)18(21)17-7-5-6-16(12-17)13-19/h14-17H,5-13,19H2,1-4H3. The van der Waals surface area contributed by atoms with Crippen LogP contribution in [0.1, 0.15) is 66.2 Å². The molecule has 0 spiro atoms. The van der Waals surface area contributed by atoms with Crippen LogP contribution in [-0.2, 0) is 4.79 Å². The zero-order chi connectivity index (χ0) is 15.8. The second kappa shape index (κ2) is 9.45. The Morgan fingerprint density at radius 2 is 1.67 bits per heavy atom. The Balaban J connectivity index is 2.59. The summed E-state index contributed by atoms with van der Waals surface area (Å²) in [5, 5.41) is 0. The molecule has 1 saturated carbocycles. The van der Waals surface area contributed by atoms with Crippen molar-refractivity contribution in [3.8, 4) is 0 Å². The lowest BCUT2D eigenvalue weighted by atomic mass is 9.80. The minimum absolute atomic E-state index is 0.228. The first-order valence-corrected chi connectivity index (χ1v) is 8.92. The van der Waals surface area contributed by atoms with Crippen molar-refractivity contribution in [2.24, 2.45) is 29.4 Å². The molecule has 0 radical (unpaired) electrons. The summed E-state index contributed by atoms with van der Waals surface area (Å²) in [4.78, 5) is 15.0. The van der Waals surface area contributed by atoms with Crippen LogP contribution in [0.3, 0.4) is 0 Å². The maximum atomic E-state index is 12.9. The SMILES string of the molecule is CC(C)CCN(CCC(C)C)C(=O)C1CCCC(CN)C1. The van der Waals surface area contributed by atoms with Gasteiger partial charge in [0.1, 0.15) is 0 Å². The third-order valence-electron chi connectivity index (χ3n) is 4.73. The van der Waals surface area contributed by atoms with E-state index in [1.54, 1.807) is 0 Å². The third-order valence-corrected chi connectivity index (χ3v) is 4.73. The van der Waals surface area contributed by atoms with Gasteiger partial charge < -0.3 is 10.6 Å². The lowest BCUT2D eigenvalue weighted by Crippen LogP contribution is -2.40. The van der Waals surface area contributed by atoms with Crippen LogP contribution in [-0.4, -0.2) is 30.4 Å². The molecule has 124 valence electrons. The molecule has 0 saturated heterocycles. The monoisotopic (exact) mass is 296 g/mol. The molecule has 1 rings (SSSR count). The highest BCUT2D eigenvalue weighted by Crippen LogP contribution is 2.30. The normalized spacial score (nSPS) is 22.8. The van der Waals surface area contributed by atoms with Gasteiger partial charge in [-0.3, -0.25) is 4.79 Å². The Hall–Kier alpha value is -0.570. The van der Waals surface area contributed by atoms with Gasteiger partial charge in [-0.2, -0.15) is 0 Å². The fourth-order valence-corrected chi connectivity index (χ4v) is 3.15. The summed E-state index contributed by atoms with van der Waals surface area (Å²) < 4.78 is 0. The molecular formula is C18H36N2O. The Bertz CT molecular complexity index is 290. The van der Waals surface area contributed by atoms with Gasteiger partial charge in [0.05, 0.1) is 0 Å². The summed E-state index contributed by atoms with van der Waals surface area (Å²) in [5.74, 6) is 2.50. The molecule has 1 fully saturated rings. The van der Waals surface area contributed by atoms with Crippen LogP contribution in [0.5, 0.6) is 0 Å². The largest absolute Gasteiger partial charge is 0.342 e. The first kappa shape index (κ1) is 18.5. The van der Waals surface area contributed by atoms with Crippen molar-refractivity contribution < 1.29 is 4.79 Å². The van der Waals surface area contributed by atoms with Crippen LogP contribution in [0.15, 0.2) is 0 Å².